The second-order valence-electron chi connectivity index (χ2n) is 4.20. The maximum absolute atomic E-state index is 10.8. The predicted octanol–water partition coefficient (Wildman–Crippen LogP) is -1.63. The van der Waals surface area contributed by atoms with Crippen LogP contribution < -0.4 is 0 Å². The first-order valence-electron chi connectivity index (χ1n) is 5.40. The lowest BCUT2D eigenvalue weighted by atomic mass is 9.93. The molecule has 1 saturated heterocycles. The van der Waals surface area contributed by atoms with Crippen molar-refractivity contribution in [3.8, 4) is 0 Å². The van der Waals surface area contributed by atoms with Gasteiger partial charge >= 0.3 is 7.60 Å². The van der Waals surface area contributed by atoms with Gasteiger partial charge in [0.15, 0.2) is 5.78 Å². The molecule has 0 aliphatic carbocycles. The number of Topliss-reactive ketones (excluding diaryl/α,β-unsaturated/α-hetero) is 1. The van der Waals surface area contributed by atoms with Gasteiger partial charge < -0.3 is 24.4 Å². The van der Waals surface area contributed by atoms with Crippen LogP contribution in [-0.2, 0) is 18.8 Å². The van der Waals surface area contributed by atoms with E-state index in [9.17, 15) is 14.5 Å². The van der Waals surface area contributed by atoms with Crippen molar-refractivity contribution in [1.29, 1.82) is 0 Å². The van der Waals surface area contributed by atoms with Gasteiger partial charge in [-0.2, -0.15) is 0 Å². The van der Waals surface area contributed by atoms with E-state index in [1.165, 1.54) is 6.92 Å². The Kier molecular flexibility index (Phi) is 5.27. The van der Waals surface area contributed by atoms with E-state index in [1.807, 2.05) is 0 Å². The van der Waals surface area contributed by atoms with Crippen LogP contribution in [0.1, 0.15) is 6.92 Å². The van der Waals surface area contributed by atoms with Crippen LogP contribution in [0.15, 0.2) is 11.9 Å². The number of aliphatic hydroxyl groups excluding tert-OH is 1. The summed E-state index contributed by atoms with van der Waals surface area (Å²) in [5.41, 5.74) is 0. The Morgan fingerprint density at radius 3 is 2.67 bits per heavy atom. The van der Waals surface area contributed by atoms with Crippen LogP contribution in [0, 0.1) is 0 Å². The van der Waals surface area contributed by atoms with E-state index < -0.39 is 31.9 Å². The van der Waals surface area contributed by atoms with Crippen molar-refractivity contribution in [2.45, 2.75) is 31.2 Å². The molecule has 1 unspecified atom stereocenters. The number of rotatable bonds is 5. The van der Waals surface area contributed by atoms with Crippen LogP contribution in [0.3, 0.4) is 0 Å². The second kappa shape index (κ2) is 6.10. The van der Waals surface area contributed by atoms with Crippen molar-refractivity contribution in [3.05, 3.63) is 11.9 Å². The highest BCUT2D eigenvalue weighted by Crippen LogP contribution is 2.37. The Morgan fingerprint density at radius 2 is 2.17 bits per heavy atom. The first kappa shape index (κ1) is 15.6. The summed E-state index contributed by atoms with van der Waals surface area (Å²) in [6, 6.07) is -0.467. The van der Waals surface area contributed by atoms with Crippen LogP contribution in [0.2, 0.25) is 0 Å². The molecule has 0 saturated carbocycles. The Hall–Kier alpha value is -0.495. The minimum atomic E-state index is -4.28. The van der Waals surface area contributed by atoms with E-state index in [0.717, 1.165) is 6.08 Å². The first-order valence-corrected chi connectivity index (χ1v) is 7.08. The number of carbonyl (C=O) groups is 1. The SMILES string of the molecule is B[C@@H]1O[C@H](/C=C/P(=O)(O)O)C(O)[C@@H]1OCC(C)=O. The molecule has 0 bridgehead atoms. The molecule has 1 fully saturated rings. The summed E-state index contributed by atoms with van der Waals surface area (Å²) in [6.07, 6.45) is -1.51. The third-order valence-electron chi connectivity index (χ3n) is 2.46. The molecular weight excluding hydrogens is 262 g/mol. The van der Waals surface area contributed by atoms with Gasteiger partial charge in [0.25, 0.3) is 0 Å². The lowest BCUT2D eigenvalue weighted by molar-refractivity contribution is -0.125. The van der Waals surface area contributed by atoms with Crippen LogP contribution in [0.25, 0.3) is 0 Å². The summed E-state index contributed by atoms with van der Waals surface area (Å²) in [7, 11) is -2.63. The first-order chi connectivity index (χ1) is 8.20. The van der Waals surface area contributed by atoms with Gasteiger partial charge in [-0.3, -0.25) is 9.36 Å². The minimum Gasteiger partial charge on any atom is -0.387 e. The average molecular weight is 278 g/mol. The molecule has 3 N–H and O–H groups in total. The number of ether oxygens (including phenoxy) is 2. The lowest BCUT2D eigenvalue weighted by Gasteiger charge is -2.17. The molecule has 0 spiro atoms. The molecule has 0 radical (unpaired) electrons. The zero-order valence-corrected chi connectivity index (χ0v) is 11.0. The van der Waals surface area contributed by atoms with Crippen molar-refractivity contribution in [2.24, 2.45) is 0 Å². The fourth-order valence-corrected chi connectivity index (χ4v) is 2.07. The summed E-state index contributed by atoms with van der Waals surface area (Å²) in [4.78, 5) is 28.2. The maximum Gasteiger partial charge on any atom is 0.348 e. The van der Waals surface area contributed by atoms with Crippen LogP contribution in [-0.4, -0.2) is 59.4 Å². The molecule has 18 heavy (non-hydrogen) atoms. The number of carbonyl (C=O) groups excluding carboxylic acids is 1. The third kappa shape index (κ3) is 4.64. The van der Waals surface area contributed by atoms with Gasteiger partial charge in [0, 0.05) is 5.82 Å². The molecule has 0 aromatic heterocycles. The van der Waals surface area contributed by atoms with Gasteiger partial charge in [0.2, 0.25) is 0 Å². The van der Waals surface area contributed by atoms with Crippen molar-refractivity contribution in [3.63, 3.8) is 0 Å². The van der Waals surface area contributed by atoms with E-state index >= 15 is 0 Å². The van der Waals surface area contributed by atoms with Crippen molar-refractivity contribution < 1.29 is 33.7 Å². The summed E-state index contributed by atoms with van der Waals surface area (Å²) in [5.74, 6) is 0.504. The zero-order chi connectivity index (χ0) is 13.9. The summed E-state index contributed by atoms with van der Waals surface area (Å²) < 4.78 is 21.2. The van der Waals surface area contributed by atoms with Gasteiger partial charge in [0.1, 0.15) is 32.8 Å². The molecule has 102 valence electrons. The lowest BCUT2D eigenvalue weighted by Crippen LogP contribution is -2.36. The molecule has 0 aromatic rings. The normalized spacial score (nSPS) is 33.1. The molecule has 1 rings (SSSR count). The molecular formula is C9H16BO7P. The fourth-order valence-electron chi connectivity index (χ4n) is 1.67. The Balaban J connectivity index is 2.63. The van der Waals surface area contributed by atoms with E-state index in [1.54, 1.807) is 7.85 Å². The molecule has 9 heteroatoms. The maximum atomic E-state index is 10.8. The number of ketones is 1. The largest absolute Gasteiger partial charge is 0.387 e. The van der Waals surface area contributed by atoms with Crippen molar-refractivity contribution >= 4 is 21.2 Å². The number of hydrogen-bond acceptors (Lipinski definition) is 5. The molecule has 1 aliphatic heterocycles. The molecule has 1 heterocycles. The summed E-state index contributed by atoms with van der Waals surface area (Å²) in [6.45, 7) is 1.22. The molecule has 7 nitrogen and oxygen atoms in total. The highest BCUT2D eigenvalue weighted by atomic mass is 31.2. The monoisotopic (exact) mass is 278 g/mol. The number of hydrogen-bond donors (Lipinski definition) is 3. The highest BCUT2D eigenvalue weighted by Gasteiger charge is 2.41. The molecule has 4 atom stereocenters. The van der Waals surface area contributed by atoms with E-state index in [2.05, 4.69) is 0 Å². The van der Waals surface area contributed by atoms with E-state index in [4.69, 9.17) is 19.3 Å². The third-order valence-corrected chi connectivity index (χ3v) is 3.02. The Bertz CT molecular complexity index is 379. The standard InChI is InChI=1S/C9H16BO7P/c1-5(11)4-16-8-7(12)6(17-9(8)10)2-3-18(13,14)15/h2-3,6-9,12H,4,10H2,1H3,(H2,13,14,15)/b3-2+/t6-,7?,8+,9-/m1/s1. The van der Waals surface area contributed by atoms with Crippen LogP contribution in [0.5, 0.6) is 0 Å². The van der Waals surface area contributed by atoms with Gasteiger partial charge in [-0.05, 0) is 13.0 Å². The number of aliphatic hydroxyl groups is 1. The predicted molar refractivity (Wildman–Crippen MR) is 64.8 cm³/mol. The summed E-state index contributed by atoms with van der Waals surface area (Å²) in [5, 5.41) is 9.86. The van der Waals surface area contributed by atoms with Gasteiger partial charge in [-0.25, -0.2) is 0 Å². The quantitative estimate of drug-likeness (QED) is 0.408. The average Bonchev–Trinajstić information content (AvgIpc) is 2.47. The van der Waals surface area contributed by atoms with E-state index in [-0.39, 0.29) is 12.4 Å². The summed E-state index contributed by atoms with van der Waals surface area (Å²) >= 11 is 0. The Morgan fingerprint density at radius 1 is 1.56 bits per heavy atom. The van der Waals surface area contributed by atoms with Gasteiger partial charge in [-0.1, -0.05) is 0 Å². The minimum absolute atomic E-state index is 0.135. The van der Waals surface area contributed by atoms with Crippen molar-refractivity contribution in [1.82, 2.24) is 0 Å². The Labute approximate surface area is 105 Å². The van der Waals surface area contributed by atoms with Crippen LogP contribution >= 0.6 is 7.60 Å². The molecule has 0 amide bonds. The smallest absolute Gasteiger partial charge is 0.348 e. The zero-order valence-electron chi connectivity index (χ0n) is 10.1. The van der Waals surface area contributed by atoms with E-state index in [0.29, 0.717) is 5.82 Å². The van der Waals surface area contributed by atoms with Crippen LogP contribution in [0.4, 0.5) is 0 Å². The van der Waals surface area contributed by atoms with Gasteiger partial charge in [0.05, 0.1) is 6.00 Å². The fraction of sp³-hybridized carbons (Fsp3) is 0.667. The molecule has 0 aromatic carbocycles. The molecule has 1 aliphatic rings. The topological polar surface area (TPSA) is 113 Å². The highest BCUT2D eigenvalue weighted by molar-refractivity contribution is 7.55. The van der Waals surface area contributed by atoms with Gasteiger partial charge in [-0.15, -0.1) is 0 Å². The van der Waals surface area contributed by atoms with Crippen molar-refractivity contribution in [2.75, 3.05) is 6.61 Å². The second-order valence-corrected chi connectivity index (χ2v) is 5.68.